The highest BCUT2D eigenvalue weighted by molar-refractivity contribution is 7.89. The van der Waals surface area contributed by atoms with Crippen molar-refractivity contribution < 1.29 is 22.3 Å². The molecule has 0 unspecified atom stereocenters. The van der Waals surface area contributed by atoms with Crippen molar-refractivity contribution in [2.45, 2.75) is 30.6 Å². The molecule has 1 aliphatic heterocycles. The lowest BCUT2D eigenvalue weighted by atomic mass is 10.1. The van der Waals surface area contributed by atoms with Crippen LogP contribution in [-0.4, -0.2) is 46.1 Å². The monoisotopic (exact) mass is 498 g/mol. The number of sulfonamides is 1. The minimum Gasteiger partial charge on any atom is -0.492 e. The Morgan fingerprint density at radius 3 is 2.23 bits per heavy atom. The first-order valence-electron chi connectivity index (χ1n) is 12.0. The van der Waals surface area contributed by atoms with Gasteiger partial charge in [0.1, 0.15) is 29.7 Å². The number of rotatable bonds is 11. The van der Waals surface area contributed by atoms with Crippen LogP contribution in [-0.2, 0) is 16.4 Å². The van der Waals surface area contributed by atoms with Gasteiger partial charge in [-0.05, 0) is 92.5 Å². The highest BCUT2D eigenvalue weighted by Gasteiger charge is 2.15. The Kier molecular flexibility index (Phi) is 8.74. The van der Waals surface area contributed by atoms with Crippen LogP contribution in [0.15, 0.2) is 77.7 Å². The van der Waals surface area contributed by atoms with Gasteiger partial charge in [0.25, 0.3) is 0 Å². The third-order valence-corrected chi connectivity index (χ3v) is 7.43. The number of nitrogens with one attached hydrogen (secondary N) is 1. The number of para-hydroxylation sites is 1. The van der Waals surface area contributed by atoms with Crippen molar-refractivity contribution in [3.8, 4) is 17.2 Å². The summed E-state index contributed by atoms with van der Waals surface area (Å²) in [5, 5.41) is 0. The van der Waals surface area contributed by atoms with Crippen molar-refractivity contribution in [1.29, 1.82) is 0 Å². The topological polar surface area (TPSA) is 67.9 Å². The molecule has 0 radical (unpaired) electrons. The molecule has 6 nitrogen and oxygen atoms in total. The van der Waals surface area contributed by atoms with Crippen molar-refractivity contribution in [2.24, 2.45) is 0 Å². The maximum absolute atomic E-state index is 13.0. The van der Waals surface area contributed by atoms with E-state index in [1.807, 2.05) is 24.3 Å². The number of likely N-dealkylation sites (tertiary alicyclic amines) is 1. The lowest BCUT2D eigenvalue weighted by Crippen LogP contribution is -2.33. The Morgan fingerprint density at radius 2 is 1.51 bits per heavy atom. The fourth-order valence-electron chi connectivity index (χ4n) is 4.05. The van der Waals surface area contributed by atoms with Crippen LogP contribution in [0.2, 0.25) is 0 Å². The molecular weight excluding hydrogens is 467 g/mol. The summed E-state index contributed by atoms with van der Waals surface area (Å²) in [5.74, 6) is 1.38. The molecule has 4 rings (SSSR count). The van der Waals surface area contributed by atoms with Crippen molar-refractivity contribution in [2.75, 3.05) is 32.8 Å². The largest absolute Gasteiger partial charge is 0.492 e. The van der Waals surface area contributed by atoms with E-state index in [2.05, 4.69) is 9.62 Å². The molecular formula is C27H31FN2O4S. The normalized spacial score (nSPS) is 14.5. The first-order chi connectivity index (χ1) is 17.0. The summed E-state index contributed by atoms with van der Waals surface area (Å²) in [6.07, 6.45) is 4.33. The van der Waals surface area contributed by atoms with E-state index in [9.17, 15) is 12.8 Å². The molecule has 1 aliphatic rings. The second-order valence-electron chi connectivity index (χ2n) is 8.53. The van der Waals surface area contributed by atoms with Crippen molar-refractivity contribution in [1.82, 2.24) is 9.62 Å². The zero-order valence-corrected chi connectivity index (χ0v) is 20.5. The van der Waals surface area contributed by atoms with Gasteiger partial charge in [-0.15, -0.1) is 0 Å². The molecule has 3 aromatic carbocycles. The number of piperidine rings is 1. The van der Waals surface area contributed by atoms with Gasteiger partial charge in [0.2, 0.25) is 10.0 Å². The van der Waals surface area contributed by atoms with Crippen molar-refractivity contribution >= 4 is 10.0 Å². The molecule has 3 aromatic rings. The summed E-state index contributed by atoms with van der Waals surface area (Å²) in [4.78, 5) is 2.57. The number of hydrogen-bond donors (Lipinski definition) is 1. The maximum Gasteiger partial charge on any atom is 0.240 e. The molecule has 0 saturated carbocycles. The lowest BCUT2D eigenvalue weighted by molar-refractivity contribution is 0.183. The van der Waals surface area contributed by atoms with Gasteiger partial charge in [0.05, 0.1) is 4.90 Å². The predicted molar refractivity (Wildman–Crippen MR) is 134 cm³/mol. The standard InChI is InChI=1S/C27H31FN2O4S/c28-23-8-10-24(11-9-23)34-25-12-14-26(15-13-25)35(31,32)29-17-16-22-6-2-3-7-27(22)33-21-20-30-18-4-1-5-19-30/h2-3,6-15,29H,1,4-5,16-21H2. The zero-order chi connectivity index (χ0) is 24.5. The van der Waals surface area contributed by atoms with Crippen LogP contribution in [0.4, 0.5) is 4.39 Å². The zero-order valence-electron chi connectivity index (χ0n) is 19.7. The van der Waals surface area contributed by atoms with Crippen LogP contribution in [0, 0.1) is 5.82 Å². The molecule has 1 saturated heterocycles. The molecule has 1 fully saturated rings. The van der Waals surface area contributed by atoms with Crippen LogP contribution in [0.3, 0.4) is 0 Å². The molecule has 35 heavy (non-hydrogen) atoms. The molecule has 186 valence electrons. The van der Waals surface area contributed by atoms with Crippen LogP contribution in [0.25, 0.3) is 0 Å². The summed E-state index contributed by atoms with van der Waals surface area (Å²) >= 11 is 0. The van der Waals surface area contributed by atoms with Gasteiger partial charge >= 0.3 is 0 Å². The van der Waals surface area contributed by atoms with Gasteiger partial charge in [0, 0.05) is 13.1 Å². The maximum atomic E-state index is 13.0. The second-order valence-corrected chi connectivity index (χ2v) is 10.3. The fraction of sp³-hybridized carbons (Fsp3) is 0.333. The number of nitrogens with zero attached hydrogens (tertiary/aromatic N) is 1. The van der Waals surface area contributed by atoms with E-state index in [1.165, 1.54) is 55.7 Å². The van der Waals surface area contributed by atoms with E-state index in [4.69, 9.17) is 9.47 Å². The summed E-state index contributed by atoms with van der Waals surface area (Å²) in [6, 6.07) is 19.5. The van der Waals surface area contributed by atoms with E-state index in [1.54, 1.807) is 12.1 Å². The predicted octanol–water partition coefficient (Wildman–Crippen LogP) is 5.00. The van der Waals surface area contributed by atoms with Crippen LogP contribution >= 0.6 is 0 Å². The average molecular weight is 499 g/mol. The van der Waals surface area contributed by atoms with Crippen LogP contribution in [0.5, 0.6) is 17.2 Å². The quantitative estimate of drug-likeness (QED) is 0.403. The van der Waals surface area contributed by atoms with Crippen LogP contribution < -0.4 is 14.2 Å². The molecule has 1 heterocycles. The lowest BCUT2D eigenvalue weighted by Gasteiger charge is -2.26. The number of ether oxygens (including phenoxy) is 2. The summed E-state index contributed by atoms with van der Waals surface area (Å²) in [7, 11) is -3.67. The molecule has 1 N–H and O–H groups in total. The molecule has 0 aliphatic carbocycles. The SMILES string of the molecule is O=S(=O)(NCCc1ccccc1OCCN1CCCCC1)c1ccc(Oc2ccc(F)cc2)cc1. The number of halogens is 1. The van der Waals surface area contributed by atoms with Crippen molar-refractivity contribution in [3.63, 3.8) is 0 Å². The number of benzene rings is 3. The summed E-state index contributed by atoms with van der Waals surface area (Å²) in [5.41, 5.74) is 0.969. The first-order valence-corrected chi connectivity index (χ1v) is 13.4. The van der Waals surface area contributed by atoms with Gasteiger partial charge in [-0.2, -0.15) is 0 Å². The van der Waals surface area contributed by atoms with Crippen LogP contribution in [0.1, 0.15) is 24.8 Å². The van der Waals surface area contributed by atoms with E-state index in [0.717, 1.165) is 30.9 Å². The molecule has 0 bridgehead atoms. The summed E-state index contributed by atoms with van der Waals surface area (Å²) < 4.78 is 52.8. The van der Waals surface area contributed by atoms with Gasteiger partial charge in [-0.25, -0.2) is 17.5 Å². The second kappa shape index (κ2) is 12.2. The Hall–Kier alpha value is -2.94. The average Bonchev–Trinajstić information content (AvgIpc) is 2.87. The Morgan fingerprint density at radius 1 is 0.857 bits per heavy atom. The van der Waals surface area contributed by atoms with E-state index in [0.29, 0.717) is 24.5 Å². The molecule has 0 aromatic heterocycles. The Labute approximate surface area is 206 Å². The number of hydrogen-bond acceptors (Lipinski definition) is 5. The highest BCUT2D eigenvalue weighted by Crippen LogP contribution is 2.23. The Balaban J connectivity index is 1.28. The molecule has 8 heteroatoms. The van der Waals surface area contributed by atoms with E-state index >= 15 is 0 Å². The third kappa shape index (κ3) is 7.52. The minimum absolute atomic E-state index is 0.148. The molecule has 0 atom stereocenters. The highest BCUT2D eigenvalue weighted by atomic mass is 32.2. The van der Waals surface area contributed by atoms with Gasteiger partial charge in [-0.3, -0.25) is 4.90 Å². The smallest absolute Gasteiger partial charge is 0.240 e. The minimum atomic E-state index is -3.67. The van der Waals surface area contributed by atoms with E-state index < -0.39 is 10.0 Å². The van der Waals surface area contributed by atoms with Gasteiger partial charge in [0.15, 0.2) is 0 Å². The van der Waals surface area contributed by atoms with Crippen molar-refractivity contribution in [3.05, 3.63) is 84.2 Å². The Bertz CT molecular complexity index is 1180. The molecule has 0 amide bonds. The third-order valence-electron chi connectivity index (χ3n) is 5.96. The molecule has 0 spiro atoms. The fourth-order valence-corrected chi connectivity index (χ4v) is 5.08. The summed E-state index contributed by atoms with van der Waals surface area (Å²) in [6.45, 7) is 4.04. The van der Waals surface area contributed by atoms with E-state index in [-0.39, 0.29) is 17.3 Å². The van der Waals surface area contributed by atoms with Gasteiger partial charge < -0.3 is 9.47 Å². The first kappa shape index (κ1) is 25.2. The van der Waals surface area contributed by atoms with Gasteiger partial charge in [-0.1, -0.05) is 24.6 Å².